The van der Waals surface area contributed by atoms with Crippen molar-refractivity contribution in [2.24, 2.45) is 0 Å². The fraction of sp³-hybridized carbons (Fsp3) is 0.167. The van der Waals surface area contributed by atoms with Crippen LogP contribution in [0, 0.1) is 6.92 Å². The zero-order valence-corrected chi connectivity index (χ0v) is 9.99. The van der Waals surface area contributed by atoms with Gasteiger partial charge in [-0.05, 0) is 30.2 Å². The number of nitrogens with zero attached hydrogens (tertiary/aromatic N) is 2. The number of anilines is 2. The summed E-state index contributed by atoms with van der Waals surface area (Å²) < 4.78 is 38.6. The van der Waals surface area contributed by atoms with Crippen molar-refractivity contribution in [2.45, 2.75) is 13.1 Å². The SMILES string of the molecule is Cc1c(N)cc(-c2cnc(N)nc2)cc1C(F)(F)F. The Bertz CT molecular complexity index is 606. The molecule has 4 nitrogen and oxygen atoms in total. The van der Waals surface area contributed by atoms with Crippen molar-refractivity contribution in [1.29, 1.82) is 0 Å². The van der Waals surface area contributed by atoms with Crippen molar-refractivity contribution in [1.82, 2.24) is 9.97 Å². The maximum atomic E-state index is 12.9. The second kappa shape index (κ2) is 4.42. The molecule has 1 heterocycles. The smallest absolute Gasteiger partial charge is 0.398 e. The molecule has 0 atom stereocenters. The summed E-state index contributed by atoms with van der Waals surface area (Å²) in [6.07, 6.45) is -1.75. The predicted octanol–water partition coefficient (Wildman–Crippen LogP) is 2.64. The van der Waals surface area contributed by atoms with Crippen LogP contribution in [0.1, 0.15) is 11.1 Å². The van der Waals surface area contributed by atoms with Gasteiger partial charge in [0.05, 0.1) is 5.56 Å². The first-order valence-corrected chi connectivity index (χ1v) is 5.34. The summed E-state index contributed by atoms with van der Waals surface area (Å²) in [5, 5.41) is 0. The van der Waals surface area contributed by atoms with E-state index in [1.165, 1.54) is 25.4 Å². The minimum Gasteiger partial charge on any atom is -0.398 e. The summed E-state index contributed by atoms with van der Waals surface area (Å²) in [5.41, 5.74) is 11.0. The van der Waals surface area contributed by atoms with E-state index >= 15 is 0 Å². The van der Waals surface area contributed by atoms with Gasteiger partial charge in [-0.15, -0.1) is 0 Å². The number of benzene rings is 1. The minimum atomic E-state index is -4.46. The molecular formula is C12H11F3N4. The Balaban J connectivity index is 2.60. The van der Waals surface area contributed by atoms with Crippen LogP contribution in [-0.4, -0.2) is 9.97 Å². The molecule has 7 heteroatoms. The van der Waals surface area contributed by atoms with Gasteiger partial charge in [-0.3, -0.25) is 0 Å². The highest BCUT2D eigenvalue weighted by Crippen LogP contribution is 2.37. The molecule has 19 heavy (non-hydrogen) atoms. The Morgan fingerprint density at radius 2 is 1.58 bits per heavy atom. The summed E-state index contributed by atoms with van der Waals surface area (Å²) in [6, 6.07) is 2.49. The maximum Gasteiger partial charge on any atom is 0.416 e. The van der Waals surface area contributed by atoms with Gasteiger partial charge in [0.2, 0.25) is 5.95 Å². The third-order valence-electron chi connectivity index (χ3n) is 2.76. The van der Waals surface area contributed by atoms with Crippen molar-refractivity contribution in [3.8, 4) is 11.1 Å². The van der Waals surface area contributed by atoms with Crippen molar-refractivity contribution in [3.05, 3.63) is 35.7 Å². The highest BCUT2D eigenvalue weighted by Gasteiger charge is 2.33. The van der Waals surface area contributed by atoms with Crippen LogP contribution in [0.3, 0.4) is 0 Å². The zero-order valence-electron chi connectivity index (χ0n) is 9.99. The molecule has 100 valence electrons. The van der Waals surface area contributed by atoms with Crippen molar-refractivity contribution < 1.29 is 13.2 Å². The molecule has 0 bridgehead atoms. The van der Waals surface area contributed by atoms with E-state index in [0.717, 1.165) is 6.07 Å². The van der Waals surface area contributed by atoms with E-state index in [-0.39, 0.29) is 17.2 Å². The van der Waals surface area contributed by atoms with E-state index in [1.54, 1.807) is 0 Å². The van der Waals surface area contributed by atoms with E-state index in [2.05, 4.69) is 9.97 Å². The van der Waals surface area contributed by atoms with Crippen LogP contribution >= 0.6 is 0 Å². The number of alkyl halides is 3. The summed E-state index contributed by atoms with van der Waals surface area (Å²) in [5.74, 6) is 0.0554. The molecule has 1 aromatic heterocycles. The van der Waals surface area contributed by atoms with Crippen molar-refractivity contribution in [2.75, 3.05) is 11.5 Å². The summed E-state index contributed by atoms with van der Waals surface area (Å²) in [4.78, 5) is 7.49. The van der Waals surface area contributed by atoms with Crippen molar-refractivity contribution in [3.63, 3.8) is 0 Å². The highest BCUT2D eigenvalue weighted by molar-refractivity contribution is 5.70. The average Bonchev–Trinajstić information content (AvgIpc) is 2.32. The predicted molar refractivity (Wildman–Crippen MR) is 66.0 cm³/mol. The lowest BCUT2D eigenvalue weighted by molar-refractivity contribution is -0.137. The molecule has 0 amide bonds. The molecule has 0 aliphatic heterocycles. The Hall–Kier alpha value is -2.31. The lowest BCUT2D eigenvalue weighted by atomic mass is 9.99. The lowest BCUT2D eigenvalue weighted by Gasteiger charge is -2.14. The molecular weight excluding hydrogens is 257 g/mol. The molecule has 1 aromatic carbocycles. The van der Waals surface area contributed by atoms with Gasteiger partial charge in [0.25, 0.3) is 0 Å². The standard InChI is InChI=1S/C12H11F3N4/c1-6-9(12(13,14)15)2-7(3-10(6)16)8-4-18-11(17)19-5-8/h2-5H,16H2,1H3,(H2,17,18,19). The van der Waals surface area contributed by atoms with Gasteiger partial charge in [-0.25, -0.2) is 9.97 Å². The van der Waals surface area contributed by atoms with Gasteiger partial charge in [-0.2, -0.15) is 13.2 Å². The normalized spacial score (nSPS) is 11.6. The third-order valence-corrected chi connectivity index (χ3v) is 2.76. The first-order valence-electron chi connectivity index (χ1n) is 5.34. The number of rotatable bonds is 1. The highest BCUT2D eigenvalue weighted by atomic mass is 19.4. The van der Waals surface area contributed by atoms with Crippen molar-refractivity contribution >= 4 is 11.6 Å². The number of halogens is 3. The molecule has 0 aliphatic rings. The van der Waals surface area contributed by atoms with E-state index in [0.29, 0.717) is 11.1 Å². The van der Waals surface area contributed by atoms with Crippen LogP contribution in [0.25, 0.3) is 11.1 Å². The Morgan fingerprint density at radius 1 is 1.00 bits per heavy atom. The molecule has 0 fully saturated rings. The van der Waals surface area contributed by atoms with Gasteiger partial charge < -0.3 is 11.5 Å². The zero-order chi connectivity index (χ0) is 14.2. The number of hydrogen-bond acceptors (Lipinski definition) is 4. The van der Waals surface area contributed by atoms with Gasteiger partial charge in [-0.1, -0.05) is 0 Å². The first kappa shape index (κ1) is 13.1. The van der Waals surface area contributed by atoms with Gasteiger partial charge in [0, 0.05) is 23.6 Å². The number of nitrogen functional groups attached to an aromatic ring is 2. The second-order valence-electron chi connectivity index (χ2n) is 4.07. The molecule has 0 spiro atoms. The summed E-state index contributed by atoms with van der Waals surface area (Å²) in [6.45, 7) is 1.33. The van der Waals surface area contributed by atoms with Crippen LogP contribution in [0.15, 0.2) is 24.5 Å². The molecule has 0 unspecified atom stereocenters. The minimum absolute atomic E-state index is 0.00705. The van der Waals surface area contributed by atoms with Gasteiger partial charge in [0.1, 0.15) is 0 Å². The Morgan fingerprint density at radius 3 is 2.11 bits per heavy atom. The quantitative estimate of drug-likeness (QED) is 0.779. The summed E-state index contributed by atoms with van der Waals surface area (Å²) >= 11 is 0. The van der Waals surface area contributed by atoms with Gasteiger partial charge in [0.15, 0.2) is 0 Å². The molecule has 0 saturated carbocycles. The van der Waals surface area contributed by atoms with Gasteiger partial charge >= 0.3 is 6.18 Å². The largest absolute Gasteiger partial charge is 0.416 e. The number of hydrogen-bond donors (Lipinski definition) is 2. The van der Waals surface area contributed by atoms with Crippen LogP contribution in [0.5, 0.6) is 0 Å². The molecule has 2 aromatic rings. The van der Waals surface area contributed by atoms with E-state index < -0.39 is 11.7 Å². The molecule has 4 N–H and O–H groups in total. The van der Waals surface area contributed by atoms with Crippen LogP contribution in [0.4, 0.5) is 24.8 Å². The fourth-order valence-electron chi connectivity index (χ4n) is 1.68. The van der Waals surface area contributed by atoms with E-state index in [9.17, 15) is 13.2 Å². The number of aromatic nitrogens is 2. The van der Waals surface area contributed by atoms with E-state index in [1.807, 2.05) is 0 Å². The van der Waals surface area contributed by atoms with E-state index in [4.69, 9.17) is 11.5 Å². The van der Waals surface area contributed by atoms with Crippen LogP contribution in [0.2, 0.25) is 0 Å². The van der Waals surface area contributed by atoms with Crippen LogP contribution < -0.4 is 11.5 Å². The summed E-state index contributed by atoms with van der Waals surface area (Å²) in [7, 11) is 0. The maximum absolute atomic E-state index is 12.9. The molecule has 0 saturated heterocycles. The Labute approximate surface area is 107 Å². The molecule has 0 radical (unpaired) electrons. The number of nitrogens with two attached hydrogens (primary N) is 2. The average molecular weight is 268 g/mol. The Kier molecular flexibility index (Phi) is 3.05. The first-order chi connectivity index (χ1) is 8.79. The molecule has 2 rings (SSSR count). The fourth-order valence-corrected chi connectivity index (χ4v) is 1.68. The lowest BCUT2D eigenvalue weighted by Crippen LogP contribution is -2.09. The topological polar surface area (TPSA) is 77.8 Å². The third kappa shape index (κ3) is 2.59. The van der Waals surface area contributed by atoms with Crippen LogP contribution in [-0.2, 0) is 6.18 Å². The second-order valence-corrected chi connectivity index (χ2v) is 4.07. The monoisotopic (exact) mass is 268 g/mol. The molecule has 0 aliphatic carbocycles.